The number of halogens is 1. The van der Waals surface area contributed by atoms with Crippen LogP contribution >= 0.6 is 11.6 Å². The fourth-order valence-electron chi connectivity index (χ4n) is 2.88. The molecule has 2 aliphatic rings. The summed E-state index contributed by atoms with van der Waals surface area (Å²) in [5, 5.41) is 30.0. The zero-order valence-corrected chi connectivity index (χ0v) is 14.3. The van der Waals surface area contributed by atoms with E-state index in [1.165, 1.54) is 6.08 Å². The summed E-state index contributed by atoms with van der Waals surface area (Å²) >= 11 is 6.09. The van der Waals surface area contributed by atoms with Gasteiger partial charge in [-0.1, -0.05) is 35.9 Å². The lowest BCUT2D eigenvalue weighted by Crippen LogP contribution is -2.20. The third-order valence-electron chi connectivity index (χ3n) is 4.18. The Labute approximate surface area is 149 Å². The molecule has 3 rings (SSSR count). The van der Waals surface area contributed by atoms with E-state index in [-0.39, 0.29) is 40.5 Å². The van der Waals surface area contributed by atoms with E-state index < -0.39 is 23.9 Å². The number of rotatable bonds is 0. The highest BCUT2D eigenvalue weighted by atomic mass is 35.5. The second kappa shape index (κ2) is 7.07. The number of carbonyl (C=O) groups is 1. The van der Waals surface area contributed by atoms with Crippen LogP contribution in [0.2, 0.25) is 5.02 Å². The summed E-state index contributed by atoms with van der Waals surface area (Å²) in [5.41, 5.74) is -0.0157. The summed E-state index contributed by atoms with van der Waals surface area (Å²) in [4.78, 5) is 12.5. The van der Waals surface area contributed by atoms with Gasteiger partial charge >= 0.3 is 5.97 Å². The SMILES string of the molecule is C[C@@H]1C[C@H]2O[C@@H]2/C=C\C=C\[C@H](O)Cc2c(Cl)c(O)cc(O)c2C(=O)O1. The van der Waals surface area contributed by atoms with Crippen LogP contribution in [0.5, 0.6) is 11.5 Å². The number of aliphatic hydroxyl groups excluding tert-OH is 1. The number of fused-ring (bicyclic) bond motifs is 2. The van der Waals surface area contributed by atoms with E-state index >= 15 is 0 Å². The molecule has 0 aromatic heterocycles. The number of hydrogen-bond acceptors (Lipinski definition) is 6. The fourth-order valence-corrected chi connectivity index (χ4v) is 3.11. The molecule has 1 aromatic carbocycles. The molecule has 0 unspecified atom stereocenters. The predicted octanol–water partition coefficient (Wildman–Crippen LogP) is 2.48. The third kappa shape index (κ3) is 3.98. The second-order valence-corrected chi connectivity index (χ2v) is 6.59. The molecular formula is C18H19ClO6. The number of carbonyl (C=O) groups excluding carboxylic acids is 1. The Balaban J connectivity index is 2.00. The van der Waals surface area contributed by atoms with Crippen LogP contribution in [0.25, 0.3) is 0 Å². The minimum Gasteiger partial charge on any atom is -0.507 e. The van der Waals surface area contributed by atoms with Crippen molar-refractivity contribution >= 4 is 17.6 Å². The Hall–Kier alpha value is -2.02. The van der Waals surface area contributed by atoms with Crippen molar-refractivity contribution in [3.05, 3.63) is 46.5 Å². The number of phenols is 2. The first-order valence-electron chi connectivity index (χ1n) is 7.99. The maximum atomic E-state index is 12.5. The molecule has 1 fully saturated rings. The number of epoxide rings is 1. The average Bonchev–Trinajstić information content (AvgIpc) is 3.25. The van der Waals surface area contributed by atoms with Gasteiger partial charge in [-0.15, -0.1) is 0 Å². The van der Waals surface area contributed by atoms with Gasteiger partial charge in [-0.2, -0.15) is 0 Å². The summed E-state index contributed by atoms with van der Waals surface area (Å²) in [6.45, 7) is 1.74. The van der Waals surface area contributed by atoms with Gasteiger partial charge in [-0.25, -0.2) is 4.79 Å². The molecule has 3 N–H and O–H groups in total. The van der Waals surface area contributed by atoms with Crippen molar-refractivity contribution in [2.75, 3.05) is 0 Å². The van der Waals surface area contributed by atoms with E-state index in [4.69, 9.17) is 21.1 Å². The molecule has 0 aliphatic carbocycles. The Morgan fingerprint density at radius 2 is 1.92 bits per heavy atom. The highest BCUT2D eigenvalue weighted by Crippen LogP contribution is 2.38. The van der Waals surface area contributed by atoms with Crippen LogP contribution in [0.3, 0.4) is 0 Å². The first-order valence-corrected chi connectivity index (χ1v) is 8.37. The van der Waals surface area contributed by atoms with Crippen LogP contribution in [0.15, 0.2) is 30.4 Å². The Morgan fingerprint density at radius 1 is 1.20 bits per heavy atom. The number of aliphatic hydroxyl groups is 1. The van der Waals surface area contributed by atoms with Gasteiger partial charge in [0.2, 0.25) is 0 Å². The van der Waals surface area contributed by atoms with Crippen molar-refractivity contribution in [3.63, 3.8) is 0 Å². The van der Waals surface area contributed by atoms with Crippen molar-refractivity contribution in [3.8, 4) is 11.5 Å². The van der Waals surface area contributed by atoms with Crippen molar-refractivity contribution in [1.29, 1.82) is 0 Å². The van der Waals surface area contributed by atoms with Gasteiger partial charge in [-0.05, 0) is 12.5 Å². The number of hydrogen-bond donors (Lipinski definition) is 3. The summed E-state index contributed by atoms with van der Waals surface area (Å²) in [6, 6.07) is 0.987. The predicted molar refractivity (Wildman–Crippen MR) is 90.9 cm³/mol. The Kier molecular flexibility index (Phi) is 5.03. The molecule has 2 heterocycles. The van der Waals surface area contributed by atoms with Gasteiger partial charge in [-0.3, -0.25) is 0 Å². The molecule has 4 atom stereocenters. The lowest BCUT2D eigenvalue weighted by molar-refractivity contribution is 0.0305. The summed E-state index contributed by atoms with van der Waals surface area (Å²) in [7, 11) is 0. The van der Waals surface area contributed by atoms with E-state index in [1.807, 2.05) is 6.08 Å². The third-order valence-corrected chi connectivity index (χ3v) is 4.60. The number of esters is 1. The largest absolute Gasteiger partial charge is 0.507 e. The highest BCUT2D eigenvalue weighted by Gasteiger charge is 2.38. The minimum absolute atomic E-state index is 0.0297. The summed E-state index contributed by atoms with van der Waals surface area (Å²) < 4.78 is 10.9. The van der Waals surface area contributed by atoms with Gasteiger partial charge in [0, 0.05) is 18.9 Å². The number of allylic oxidation sites excluding steroid dienone is 2. The van der Waals surface area contributed by atoms with Crippen LogP contribution in [0, 0.1) is 0 Å². The first kappa shape index (κ1) is 17.8. The van der Waals surface area contributed by atoms with Crippen LogP contribution in [0.1, 0.15) is 29.3 Å². The highest BCUT2D eigenvalue weighted by molar-refractivity contribution is 6.33. The van der Waals surface area contributed by atoms with Crippen LogP contribution in [0.4, 0.5) is 0 Å². The zero-order chi connectivity index (χ0) is 18.1. The molecule has 7 heteroatoms. The second-order valence-electron chi connectivity index (χ2n) is 6.21. The first-order chi connectivity index (χ1) is 11.9. The molecule has 6 nitrogen and oxygen atoms in total. The standard InChI is InChI=1S/C18H19ClO6/c1-9-6-15-14(25-15)5-3-2-4-10(20)7-11-16(18(23)24-9)12(21)8-13(22)17(11)19/h2-5,8-10,14-15,20-22H,6-7H2,1H3/b4-2+,5-3-/t9-,10+,14-,15-/m1/s1. The molecule has 25 heavy (non-hydrogen) atoms. The van der Waals surface area contributed by atoms with E-state index in [2.05, 4.69) is 0 Å². The van der Waals surface area contributed by atoms with Gasteiger partial charge in [0.1, 0.15) is 29.3 Å². The van der Waals surface area contributed by atoms with Gasteiger partial charge < -0.3 is 24.8 Å². The van der Waals surface area contributed by atoms with Crippen LogP contribution in [-0.2, 0) is 15.9 Å². The molecule has 0 saturated carbocycles. The normalized spacial score (nSPS) is 31.9. The van der Waals surface area contributed by atoms with E-state index in [0.29, 0.717) is 6.42 Å². The number of cyclic esters (lactones) is 1. The molecule has 1 saturated heterocycles. The zero-order valence-electron chi connectivity index (χ0n) is 13.6. The maximum absolute atomic E-state index is 12.5. The van der Waals surface area contributed by atoms with Crippen LogP contribution in [-0.4, -0.2) is 45.7 Å². The maximum Gasteiger partial charge on any atom is 0.342 e. The van der Waals surface area contributed by atoms with Crippen molar-refractivity contribution in [1.82, 2.24) is 0 Å². The van der Waals surface area contributed by atoms with E-state index in [9.17, 15) is 20.1 Å². The summed E-state index contributed by atoms with van der Waals surface area (Å²) in [6.07, 6.45) is 5.84. The number of ether oxygens (including phenoxy) is 2. The van der Waals surface area contributed by atoms with Gasteiger partial charge in [0.15, 0.2) is 0 Å². The molecule has 1 aromatic rings. The molecule has 134 valence electrons. The number of aromatic hydroxyl groups is 2. The Morgan fingerprint density at radius 3 is 2.68 bits per heavy atom. The van der Waals surface area contributed by atoms with Crippen molar-refractivity contribution in [2.24, 2.45) is 0 Å². The number of phenolic OH excluding ortho intramolecular Hbond substituents is 2. The van der Waals surface area contributed by atoms with Gasteiger partial charge in [0.25, 0.3) is 0 Å². The molecular weight excluding hydrogens is 348 g/mol. The topological polar surface area (TPSA) is 99.5 Å². The monoisotopic (exact) mass is 366 g/mol. The molecule has 0 bridgehead atoms. The van der Waals surface area contributed by atoms with Gasteiger partial charge in [0.05, 0.1) is 17.2 Å². The molecule has 0 amide bonds. The average molecular weight is 367 g/mol. The fraction of sp³-hybridized carbons (Fsp3) is 0.389. The molecule has 0 radical (unpaired) electrons. The smallest absolute Gasteiger partial charge is 0.342 e. The quantitative estimate of drug-likeness (QED) is 0.482. The molecule has 2 aliphatic heterocycles. The Bertz CT molecular complexity index is 742. The minimum atomic E-state index is -0.966. The lowest BCUT2D eigenvalue weighted by Gasteiger charge is -2.18. The number of benzene rings is 1. The lowest BCUT2D eigenvalue weighted by atomic mass is 9.99. The van der Waals surface area contributed by atoms with E-state index in [1.54, 1.807) is 19.1 Å². The van der Waals surface area contributed by atoms with Crippen LogP contribution < -0.4 is 0 Å². The van der Waals surface area contributed by atoms with Crippen molar-refractivity contribution in [2.45, 2.75) is 44.2 Å². The van der Waals surface area contributed by atoms with E-state index in [0.717, 1.165) is 6.07 Å². The molecule has 0 spiro atoms. The summed E-state index contributed by atoms with van der Waals surface area (Å²) in [5.74, 6) is -1.58. The van der Waals surface area contributed by atoms with Crippen molar-refractivity contribution < 1.29 is 29.6 Å².